The number of para-hydroxylation sites is 1. The molecule has 0 aromatic heterocycles. The van der Waals surface area contributed by atoms with Crippen LogP contribution in [-0.4, -0.2) is 11.5 Å². The molecule has 3 nitrogen and oxygen atoms in total. The van der Waals surface area contributed by atoms with Gasteiger partial charge in [-0.3, -0.25) is 0 Å². The van der Waals surface area contributed by atoms with Crippen LogP contribution in [0.2, 0.25) is 0 Å². The van der Waals surface area contributed by atoms with E-state index in [1.54, 1.807) is 31.2 Å². The Labute approximate surface area is 120 Å². The summed E-state index contributed by atoms with van der Waals surface area (Å²) in [5.74, 6) is -0.117. The van der Waals surface area contributed by atoms with E-state index in [1.165, 1.54) is 18.2 Å². The van der Waals surface area contributed by atoms with Gasteiger partial charge in [0.25, 0.3) is 0 Å². The van der Waals surface area contributed by atoms with Gasteiger partial charge < -0.3 is 15.2 Å². The van der Waals surface area contributed by atoms with Gasteiger partial charge in [0.15, 0.2) is 0 Å². The fourth-order valence-electron chi connectivity index (χ4n) is 1.86. The number of ether oxygens (including phenoxy) is 1. The van der Waals surface area contributed by atoms with Crippen molar-refractivity contribution in [3.8, 4) is 11.5 Å². The van der Waals surface area contributed by atoms with E-state index in [9.17, 15) is 18.3 Å². The minimum absolute atomic E-state index is 0.174. The molecule has 21 heavy (non-hydrogen) atoms. The monoisotopic (exact) mass is 297 g/mol. The molecule has 2 aromatic rings. The molecule has 0 atom stereocenters. The molecule has 2 aromatic carbocycles. The number of hydrogen-bond donors (Lipinski definition) is 2. The highest BCUT2D eigenvalue weighted by molar-refractivity contribution is 5.50. The third kappa shape index (κ3) is 4.30. The lowest BCUT2D eigenvalue weighted by atomic mass is 10.1. The maximum Gasteiger partial charge on any atom is 0.573 e. The Morgan fingerprint density at radius 3 is 2.57 bits per heavy atom. The van der Waals surface area contributed by atoms with Crippen LogP contribution in [0.1, 0.15) is 11.1 Å². The van der Waals surface area contributed by atoms with Crippen LogP contribution in [0.15, 0.2) is 42.5 Å². The van der Waals surface area contributed by atoms with Crippen molar-refractivity contribution in [1.29, 1.82) is 0 Å². The number of anilines is 1. The van der Waals surface area contributed by atoms with Crippen LogP contribution in [0.3, 0.4) is 0 Å². The predicted octanol–water partition coefficient (Wildman–Crippen LogP) is 4.21. The van der Waals surface area contributed by atoms with Crippen LogP contribution in [-0.2, 0) is 6.54 Å². The van der Waals surface area contributed by atoms with E-state index < -0.39 is 6.36 Å². The predicted molar refractivity (Wildman–Crippen MR) is 73.3 cm³/mol. The van der Waals surface area contributed by atoms with E-state index in [-0.39, 0.29) is 11.5 Å². The number of rotatable bonds is 4. The van der Waals surface area contributed by atoms with Crippen molar-refractivity contribution in [3.63, 3.8) is 0 Å². The number of halogens is 3. The van der Waals surface area contributed by atoms with E-state index in [4.69, 9.17) is 0 Å². The van der Waals surface area contributed by atoms with E-state index in [2.05, 4.69) is 10.1 Å². The zero-order chi connectivity index (χ0) is 15.5. The standard InChI is InChI=1S/C15H14F3NO2/c1-10-4-2-5-11(14(10)20)9-19-12-6-3-7-13(8-12)21-15(16,17)18/h2-8,19-20H,9H2,1H3. The lowest BCUT2D eigenvalue weighted by Gasteiger charge is -2.12. The van der Waals surface area contributed by atoms with Crippen molar-refractivity contribution in [3.05, 3.63) is 53.6 Å². The van der Waals surface area contributed by atoms with Gasteiger partial charge in [-0.2, -0.15) is 0 Å². The molecule has 0 unspecified atom stereocenters. The molecule has 0 aliphatic carbocycles. The Bertz CT molecular complexity index is 627. The number of phenolic OH excluding ortho intramolecular Hbond substituents is 1. The SMILES string of the molecule is Cc1cccc(CNc2cccc(OC(F)(F)F)c2)c1O. The second kappa shape index (κ2) is 5.95. The maximum atomic E-state index is 12.1. The number of aryl methyl sites for hydroxylation is 1. The summed E-state index contributed by atoms with van der Waals surface area (Å²) in [6.07, 6.45) is -4.71. The molecule has 0 fully saturated rings. The highest BCUT2D eigenvalue weighted by atomic mass is 19.4. The quantitative estimate of drug-likeness (QED) is 0.888. The van der Waals surface area contributed by atoms with Crippen molar-refractivity contribution >= 4 is 5.69 Å². The van der Waals surface area contributed by atoms with E-state index >= 15 is 0 Å². The molecule has 0 aliphatic rings. The second-order valence-corrected chi connectivity index (χ2v) is 4.51. The smallest absolute Gasteiger partial charge is 0.507 e. The Hall–Kier alpha value is -2.37. The Kier molecular flexibility index (Phi) is 4.26. The number of alkyl halides is 3. The van der Waals surface area contributed by atoms with Crippen LogP contribution in [0, 0.1) is 6.92 Å². The molecule has 0 saturated heterocycles. The minimum Gasteiger partial charge on any atom is -0.507 e. The van der Waals surface area contributed by atoms with Gasteiger partial charge >= 0.3 is 6.36 Å². The molecular formula is C15H14F3NO2. The fourth-order valence-corrected chi connectivity index (χ4v) is 1.86. The van der Waals surface area contributed by atoms with Gasteiger partial charge in [-0.15, -0.1) is 13.2 Å². The van der Waals surface area contributed by atoms with Gasteiger partial charge in [0.05, 0.1) is 0 Å². The van der Waals surface area contributed by atoms with Gasteiger partial charge in [-0.25, -0.2) is 0 Å². The lowest BCUT2D eigenvalue weighted by molar-refractivity contribution is -0.274. The number of phenols is 1. The summed E-state index contributed by atoms with van der Waals surface area (Å²) in [4.78, 5) is 0. The number of nitrogens with one attached hydrogen (secondary N) is 1. The Morgan fingerprint density at radius 1 is 1.14 bits per heavy atom. The first kappa shape index (κ1) is 15.0. The van der Waals surface area contributed by atoms with Crippen molar-refractivity contribution < 1.29 is 23.0 Å². The molecule has 0 radical (unpaired) electrons. The first-order valence-corrected chi connectivity index (χ1v) is 6.22. The largest absolute Gasteiger partial charge is 0.573 e. The molecule has 6 heteroatoms. The van der Waals surface area contributed by atoms with Crippen molar-refractivity contribution in [2.24, 2.45) is 0 Å². The lowest BCUT2D eigenvalue weighted by Crippen LogP contribution is -2.17. The van der Waals surface area contributed by atoms with Crippen LogP contribution in [0.4, 0.5) is 18.9 Å². The summed E-state index contributed by atoms with van der Waals surface area (Å²) in [7, 11) is 0. The summed E-state index contributed by atoms with van der Waals surface area (Å²) in [6, 6.07) is 10.9. The minimum atomic E-state index is -4.71. The third-order valence-electron chi connectivity index (χ3n) is 2.87. The highest BCUT2D eigenvalue weighted by Crippen LogP contribution is 2.26. The molecule has 0 amide bonds. The molecule has 112 valence electrons. The second-order valence-electron chi connectivity index (χ2n) is 4.51. The van der Waals surface area contributed by atoms with Gasteiger partial charge in [0.1, 0.15) is 11.5 Å². The molecular weight excluding hydrogens is 283 g/mol. The van der Waals surface area contributed by atoms with Crippen molar-refractivity contribution in [2.75, 3.05) is 5.32 Å². The van der Waals surface area contributed by atoms with Crippen molar-refractivity contribution in [1.82, 2.24) is 0 Å². The van der Waals surface area contributed by atoms with Gasteiger partial charge in [-0.1, -0.05) is 24.3 Å². The summed E-state index contributed by atoms with van der Waals surface area (Å²) >= 11 is 0. The van der Waals surface area contributed by atoms with Gasteiger partial charge in [0, 0.05) is 23.9 Å². The zero-order valence-corrected chi connectivity index (χ0v) is 11.2. The van der Waals surface area contributed by atoms with Crippen LogP contribution in [0.5, 0.6) is 11.5 Å². The third-order valence-corrected chi connectivity index (χ3v) is 2.87. The fraction of sp³-hybridized carbons (Fsp3) is 0.200. The van der Waals surface area contributed by atoms with Gasteiger partial charge in [-0.05, 0) is 24.6 Å². The first-order valence-electron chi connectivity index (χ1n) is 6.22. The Balaban J connectivity index is 2.07. The van der Waals surface area contributed by atoms with E-state index in [0.717, 1.165) is 5.56 Å². The molecule has 0 aliphatic heterocycles. The van der Waals surface area contributed by atoms with Crippen LogP contribution < -0.4 is 10.1 Å². The summed E-state index contributed by atoms with van der Waals surface area (Å²) < 4.78 is 40.3. The van der Waals surface area contributed by atoms with E-state index in [0.29, 0.717) is 17.8 Å². The topological polar surface area (TPSA) is 41.5 Å². The molecule has 0 saturated carbocycles. The molecule has 0 bridgehead atoms. The molecule has 2 N–H and O–H groups in total. The zero-order valence-electron chi connectivity index (χ0n) is 11.2. The first-order chi connectivity index (χ1) is 9.85. The highest BCUT2D eigenvalue weighted by Gasteiger charge is 2.31. The normalized spacial score (nSPS) is 11.2. The summed E-state index contributed by atoms with van der Waals surface area (Å²) in [5.41, 5.74) is 1.87. The number of hydrogen-bond acceptors (Lipinski definition) is 3. The molecule has 0 spiro atoms. The van der Waals surface area contributed by atoms with Crippen LogP contribution in [0.25, 0.3) is 0 Å². The Morgan fingerprint density at radius 2 is 1.86 bits per heavy atom. The molecule has 0 heterocycles. The number of benzene rings is 2. The van der Waals surface area contributed by atoms with E-state index in [1.807, 2.05) is 0 Å². The summed E-state index contributed by atoms with van der Waals surface area (Å²) in [5, 5.41) is 12.8. The maximum absolute atomic E-state index is 12.1. The average molecular weight is 297 g/mol. The number of aromatic hydroxyl groups is 1. The van der Waals surface area contributed by atoms with Crippen molar-refractivity contribution in [2.45, 2.75) is 19.8 Å². The van der Waals surface area contributed by atoms with Gasteiger partial charge in [0.2, 0.25) is 0 Å². The molecule has 2 rings (SSSR count). The average Bonchev–Trinajstić information content (AvgIpc) is 2.39. The summed E-state index contributed by atoms with van der Waals surface area (Å²) in [6.45, 7) is 2.07. The van der Waals surface area contributed by atoms with Crippen LogP contribution >= 0.6 is 0 Å².